The minimum absolute atomic E-state index is 0.0418. The first kappa shape index (κ1) is 14.0. The number of carbonyl (C=O) groups is 1. The highest BCUT2D eigenvalue weighted by Gasteiger charge is 2.38. The molecule has 1 fully saturated rings. The van der Waals surface area contributed by atoms with Crippen molar-refractivity contribution in [1.29, 1.82) is 0 Å². The largest absolute Gasteiger partial charge is 0.453 e. The number of nitrogens with zero attached hydrogens (tertiary/aromatic N) is 3. The zero-order valence-electron chi connectivity index (χ0n) is 9.78. The number of nitrogens with one attached hydrogen (secondary N) is 1. The van der Waals surface area contributed by atoms with Crippen molar-refractivity contribution in [3.8, 4) is 0 Å². The van der Waals surface area contributed by atoms with E-state index in [1.807, 2.05) is 0 Å². The molecule has 1 amide bonds. The fraction of sp³-hybridized carbons (Fsp3) is 0.667. The fourth-order valence-electron chi connectivity index (χ4n) is 1.33. The average Bonchev–Trinajstić information content (AvgIpc) is 3.06. The van der Waals surface area contributed by atoms with Crippen molar-refractivity contribution in [3.63, 3.8) is 0 Å². The van der Waals surface area contributed by atoms with Crippen LogP contribution in [0.25, 0.3) is 0 Å². The van der Waals surface area contributed by atoms with Gasteiger partial charge in [-0.1, -0.05) is 11.8 Å². The summed E-state index contributed by atoms with van der Waals surface area (Å²) < 4.78 is 37.5. The summed E-state index contributed by atoms with van der Waals surface area (Å²) in [6.07, 6.45) is -2.44. The van der Waals surface area contributed by atoms with E-state index in [9.17, 15) is 18.0 Å². The van der Waals surface area contributed by atoms with Crippen LogP contribution >= 0.6 is 11.8 Å². The van der Waals surface area contributed by atoms with Crippen LogP contribution in [0.2, 0.25) is 0 Å². The second kappa shape index (κ2) is 5.27. The third-order valence-electron chi connectivity index (χ3n) is 2.54. The predicted molar refractivity (Wildman–Crippen MR) is 61.6 cm³/mol. The molecule has 2 rings (SSSR count). The number of nitrogen functional groups attached to an aromatic ring is 1. The maximum Gasteiger partial charge on any atom is 0.453 e. The summed E-state index contributed by atoms with van der Waals surface area (Å²) >= 11 is 0.816. The molecule has 1 saturated carbocycles. The molecule has 0 unspecified atom stereocenters. The Hall–Kier alpha value is -1.45. The monoisotopic (exact) mass is 295 g/mol. The van der Waals surface area contributed by atoms with Crippen LogP contribution in [0.15, 0.2) is 5.16 Å². The molecular formula is C9H12F3N5OS. The fourth-order valence-corrected chi connectivity index (χ4v) is 2.02. The van der Waals surface area contributed by atoms with Gasteiger partial charge in [-0.05, 0) is 18.8 Å². The van der Waals surface area contributed by atoms with E-state index in [2.05, 4.69) is 15.5 Å². The summed E-state index contributed by atoms with van der Waals surface area (Å²) in [6, 6.07) is 0. The van der Waals surface area contributed by atoms with Gasteiger partial charge in [-0.3, -0.25) is 4.79 Å². The first-order valence-electron chi connectivity index (χ1n) is 5.55. The Bertz CT molecular complexity index is 471. The molecule has 0 radical (unpaired) electrons. The van der Waals surface area contributed by atoms with Gasteiger partial charge in [0.2, 0.25) is 11.1 Å². The van der Waals surface area contributed by atoms with Gasteiger partial charge in [0.1, 0.15) is 0 Å². The molecule has 3 N–H and O–H groups in total. The number of amides is 1. The molecule has 19 heavy (non-hydrogen) atoms. The lowest BCUT2D eigenvalue weighted by Gasteiger charge is -2.06. The van der Waals surface area contributed by atoms with Crippen molar-refractivity contribution in [1.82, 2.24) is 20.2 Å². The van der Waals surface area contributed by atoms with Gasteiger partial charge < -0.3 is 11.2 Å². The molecule has 0 aliphatic heterocycles. The van der Waals surface area contributed by atoms with Crippen LogP contribution in [0, 0.1) is 5.92 Å². The molecular weight excluding hydrogens is 283 g/mol. The van der Waals surface area contributed by atoms with Crippen molar-refractivity contribution in [3.05, 3.63) is 5.82 Å². The SMILES string of the molecule is Nn1c(SCC(=O)NCC2CC2)nnc1C(F)(F)F. The van der Waals surface area contributed by atoms with Gasteiger partial charge >= 0.3 is 6.18 Å². The van der Waals surface area contributed by atoms with E-state index in [0.29, 0.717) is 17.1 Å². The summed E-state index contributed by atoms with van der Waals surface area (Å²) in [6.45, 7) is 0.614. The van der Waals surface area contributed by atoms with Crippen LogP contribution in [-0.4, -0.2) is 33.1 Å². The number of thioether (sulfide) groups is 1. The molecule has 1 aliphatic rings. The van der Waals surface area contributed by atoms with Gasteiger partial charge in [-0.2, -0.15) is 13.2 Å². The summed E-state index contributed by atoms with van der Waals surface area (Å²) in [7, 11) is 0. The number of carbonyl (C=O) groups excluding carboxylic acids is 1. The number of hydrogen-bond acceptors (Lipinski definition) is 5. The van der Waals surface area contributed by atoms with Crippen LogP contribution in [-0.2, 0) is 11.0 Å². The van der Waals surface area contributed by atoms with Crippen LogP contribution in [0.4, 0.5) is 13.2 Å². The lowest BCUT2D eigenvalue weighted by atomic mass is 10.4. The van der Waals surface area contributed by atoms with Crippen molar-refractivity contribution >= 4 is 17.7 Å². The number of aromatic nitrogens is 3. The minimum atomic E-state index is -4.66. The number of hydrogen-bond donors (Lipinski definition) is 2. The minimum Gasteiger partial charge on any atom is -0.355 e. The number of alkyl halides is 3. The standard InChI is InChI=1S/C9H12F3N5OS/c10-9(11,12)7-15-16-8(17(7)13)19-4-6(18)14-3-5-1-2-5/h5H,1-4,13H2,(H,14,18). The zero-order valence-corrected chi connectivity index (χ0v) is 10.6. The lowest BCUT2D eigenvalue weighted by molar-refractivity contribution is -0.146. The molecule has 0 bridgehead atoms. The highest BCUT2D eigenvalue weighted by atomic mass is 32.2. The third-order valence-corrected chi connectivity index (χ3v) is 3.48. The van der Waals surface area contributed by atoms with Gasteiger partial charge in [0.05, 0.1) is 5.75 Å². The maximum absolute atomic E-state index is 12.4. The Morgan fingerprint density at radius 1 is 1.47 bits per heavy atom. The number of rotatable bonds is 5. The van der Waals surface area contributed by atoms with E-state index in [4.69, 9.17) is 5.84 Å². The predicted octanol–water partition coefficient (Wildman–Crippen LogP) is 0.629. The highest BCUT2D eigenvalue weighted by Crippen LogP contribution is 2.29. The van der Waals surface area contributed by atoms with E-state index in [-0.39, 0.29) is 16.8 Å². The molecule has 1 aliphatic carbocycles. The molecule has 1 heterocycles. The first-order valence-corrected chi connectivity index (χ1v) is 6.53. The molecule has 1 aromatic rings. The van der Waals surface area contributed by atoms with E-state index in [1.165, 1.54) is 0 Å². The van der Waals surface area contributed by atoms with Crippen molar-refractivity contribution in [2.75, 3.05) is 18.1 Å². The van der Waals surface area contributed by atoms with Gasteiger partial charge in [-0.25, -0.2) is 4.68 Å². The van der Waals surface area contributed by atoms with E-state index >= 15 is 0 Å². The van der Waals surface area contributed by atoms with E-state index in [0.717, 1.165) is 24.6 Å². The Morgan fingerprint density at radius 3 is 2.68 bits per heavy atom. The average molecular weight is 295 g/mol. The topological polar surface area (TPSA) is 85.8 Å². The van der Waals surface area contributed by atoms with Gasteiger partial charge in [0, 0.05) is 6.54 Å². The third kappa shape index (κ3) is 3.75. The molecule has 0 aromatic carbocycles. The summed E-state index contributed by atoms with van der Waals surface area (Å²) in [5.41, 5.74) is 0. The Kier molecular flexibility index (Phi) is 3.88. The van der Waals surface area contributed by atoms with E-state index in [1.54, 1.807) is 0 Å². The van der Waals surface area contributed by atoms with Crippen LogP contribution in [0.3, 0.4) is 0 Å². The second-order valence-corrected chi connectivity index (χ2v) is 5.15. The van der Waals surface area contributed by atoms with Crippen molar-refractivity contribution in [2.24, 2.45) is 5.92 Å². The van der Waals surface area contributed by atoms with Crippen LogP contribution < -0.4 is 11.2 Å². The van der Waals surface area contributed by atoms with Crippen LogP contribution in [0.5, 0.6) is 0 Å². The van der Waals surface area contributed by atoms with Gasteiger partial charge in [0.25, 0.3) is 5.82 Å². The molecule has 106 valence electrons. The Morgan fingerprint density at radius 2 is 2.16 bits per heavy atom. The van der Waals surface area contributed by atoms with Gasteiger partial charge in [0.15, 0.2) is 0 Å². The number of halogens is 3. The molecule has 0 spiro atoms. The summed E-state index contributed by atoms with van der Waals surface area (Å²) in [4.78, 5) is 11.4. The molecule has 0 atom stereocenters. The molecule has 1 aromatic heterocycles. The zero-order chi connectivity index (χ0) is 14.0. The van der Waals surface area contributed by atoms with Crippen LogP contribution in [0.1, 0.15) is 18.7 Å². The van der Waals surface area contributed by atoms with Crippen molar-refractivity contribution in [2.45, 2.75) is 24.2 Å². The normalized spacial score (nSPS) is 15.5. The first-order chi connectivity index (χ1) is 8.88. The van der Waals surface area contributed by atoms with E-state index < -0.39 is 12.0 Å². The second-order valence-electron chi connectivity index (χ2n) is 4.21. The summed E-state index contributed by atoms with van der Waals surface area (Å²) in [5.74, 6) is 4.19. The molecule has 0 saturated heterocycles. The Labute approximate surface area is 110 Å². The van der Waals surface area contributed by atoms with Gasteiger partial charge in [-0.15, -0.1) is 10.2 Å². The van der Waals surface area contributed by atoms with Crippen molar-refractivity contribution < 1.29 is 18.0 Å². The molecule has 10 heteroatoms. The highest BCUT2D eigenvalue weighted by molar-refractivity contribution is 7.99. The number of nitrogens with two attached hydrogens (primary N) is 1. The quantitative estimate of drug-likeness (QED) is 0.614. The lowest BCUT2D eigenvalue weighted by Crippen LogP contribution is -2.27. The smallest absolute Gasteiger partial charge is 0.355 e. The summed E-state index contributed by atoms with van der Waals surface area (Å²) in [5, 5.41) is 8.82. The molecule has 6 nitrogen and oxygen atoms in total. The Balaban J connectivity index is 1.85. The maximum atomic E-state index is 12.4.